The number of amides is 1. The Morgan fingerprint density at radius 2 is 1.51 bits per heavy atom. The van der Waals surface area contributed by atoms with Crippen LogP contribution in [0.15, 0.2) is 88.8 Å². The molecule has 0 aliphatic carbocycles. The number of benzene rings is 3. The number of aromatic amines is 1. The van der Waals surface area contributed by atoms with E-state index in [0.29, 0.717) is 44.0 Å². The molecule has 0 saturated heterocycles. The maximum atomic E-state index is 13.8. The van der Waals surface area contributed by atoms with Gasteiger partial charge in [0.05, 0.1) is 17.3 Å². The number of carbonyl (C=O) groups excluding carboxylic acids is 1. The number of rotatable bonds is 5. The zero-order chi connectivity index (χ0) is 24.7. The van der Waals surface area contributed by atoms with Gasteiger partial charge >= 0.3 is 0 Å². The van der Waals surface area contributed by atoms with Crippen molar-refractivity contribution < 1.29 is 4.79 Å². The van der Waals surface area contributed by atoms with Gasteiger partial charge in [0.25, 0.3) is 11.5 Å². The van der Waals surface area contributed by atoms with E-state index in [-0.39, 0.29) is 11.5 Å². The van der Waals surface area contributed by atoms with E-state index in [0.717, 1.165) is 0 Å². The molecule has 1 aliphatic heterocycles. The predicted molar refractivity (Wildman–Crippen MR) is 140 cm³/mol. The molecular formula is C27H22Cl2N4O2. The molecule has 1 aromatic heterocycles. The fourth-order valence-corrected chi connectivity index (χ4v) is 5.18. The van der Waals surface area contributed by atoms with E-state index in [4.69, 9.17) is 23.2 Å². The van der Waals surface area contributed by atoms with Crippen LogP contribution in [0.4, 0.5) is 5.69 Å². The maximum absolute atomic E-state index is 13.8. The first-order chi connectivity index (χ1) is 16.9. The average Bonchev–Trinajstić information content (AvgIpc) is 3.32. The Labute approximate surface area is 212 Å². The molecule has 176 valence electrons. The Hall–Kier alpha value is -3.61. The number of H-pyrrole nitrogens is 1. The van der Waals surface area contributed by atoms with E-state index in [1.165, 1.54) is 9.69 Å². The van der Waals surface area contributed by atoms with Gasteiger partial charge in [-0.15, -0.1) is 0 Å². The van der Waals surface area contributed by atoms with Crippen LogP contribution in [0.3, 0.4) is 0 Å². The molecule has 0 spiro atoms. The Bertz CT molecular complexity index is 1490. The van der Waals surface area contributed by atoms with Crippen molar-refractivity contribution >= 4 is 40.5 Å². The predicted octanol–water partition coefficient (Wildman–Crippen LogP) is 5.95. The summed E-state index contributed by atoms with van der Waals surface area (Å²) >= 11 is 12.8. The van der Waals surface area contributed by atoms with Crippen LogP contribution in [0.1, 0.15) is 29.7 Å². The summed E-state index contributed by atoms with van der Waals surface area (Å²) in [5.74, 6) is -1.62. The highest BCUT2D eigenvalue weighted by molar-refractivity contribution is 6.35. The minimum atomic E-state index is -0.722. The van der Waals surface area contributed by atoms with Crippen molar-refractivity contribution in [3.8, 4) is 5.69 Å². The quantitative estimate of drug-likeness (QED) is 0.364. The van der Waals surface area contributed by atoms with E-state index in [1.54, 1.807) is 25.1 Å². The first kappa shape index (κ1) is 23.1. The third-order valence-corrected chi connectivity index (χ3v) is 6.82. The summed E-state index contributed by atoms with van der Waals surface area (Å²) in [4.78, 5) is 27.6. The molecule has 1 aliphatic rings. The molecule has 8 heteroatoms. The fraction of sp³-hybridized carbons (Fsp3) is 0.148. The summed E-state index contributed by atoms with van der Waals surface area (Å²) in [7, 11) is 0. The van der Waals surface area contributed by atoms with Crippen molar-refractivity contribution in [2.75, 3.05) is 5.01 Å². The van der Waals surface area contributed by atoms with Gasteiger partial charge in [-0.2, -0.15) is 5.10 Å². The number of nitrogens with zero attached hydrogens (tertiary/aromatic N) is 3. The molecule has 2 atom stereocenters. The van der Waals surface area contributed by atoms with Crippen molar-refractivity contribution in [1.82, 2.24) is 9.78 Å². The molecule has 6 nitrogen and oxygen atoms in total. The molecule has 4 aromatic rings. The summed E-state index contributed by atoms with van der Waals surface area (Å²) in [5, 5.41) is 10.0. The van der Waals surface area contributed by atoms with Crippen LogP contribution in [0, 0.1) is 12.8 Å². The Morgan fingerprint density at radius 1 is 0.886 bits per heavy atom. The van der Waals surface area contributed by atoms with Crippen LogP contribution < -0.4 is 10.6 Å². The highest BCUT2D eigenvalue weighted by atomic mass is 35.5. The van der Waals surface area contributed by atoms with Gasteiger partial charge in [0.15, 0.2) is 0 Å². The lowest BCUT2D eigenvalue weighted by Gasteiger charge is -2.24. The van der Waals surface area contributed by atoms with Gasteiger partial charge in [0.2, 0.25) is 0 Å². The van der Waals surface area contributed by atoms with Gasteiger partial charge in [-0.3, -0.25) is 14.7 Å². The van der Waals surface area contributed by atoms with Gasteiger partial charge < -0.3 is 0 Å². The van der Waals surface area contributed by atoms with Crippen LogP contribution in [-0.2, 0) is 4.79 Å². The van der Waals surface area contributed by atoms with Gasteiger partial charge in [0, 0.05) is 32.9 Å². The highest BCUT2D eigenvalue weighted by Gasteiger charge is 2.44. The Morgan fingerprint density at radius 3 is 2.14 bits per heavy atom. The van der Waals surface area contributed by atoms with Crippen molar-refractivity contribution in [3.05, 3.63) is 116 Å². The SMILES string of the molecule is CC1=NN(c2ccccc2)C(=O)C1C(c1ccc(Cl)cc1Cl)c1c(C)[nH]n(-c2ccccc2)c1=O. The van der Waals surface area contributed by atoms with Crippen LogP contribution in [0.2, 0.25) is 10.0 Å². The van der Waals surface area contributed by atoms with Gasteiger partial charge in [0.1, 0.15) is 0 Å². The lowest BCUT2D eigenvalue weighted by molar-refractivity contribution is -0.120. The summed E-state index contributed by atoms with van der Waals surface area (Å²) in [6.45, 7) is 3.63. The fourth-order valence-electron chi connectivity index (χ4n) is 4.66. The standard InChI is InChI=1S/C27H22Cl2N4O2/c1-16-23(26(34)32(30-16)19-9-5-3-6-10-19)25(21-14-13-18(28)15-22(21)29)24-17(2)31-33(27(24)35)20-11-7-4-8-12-20/h3-15,23,25,31H,1-2H3. The first-order valence-corrected chi connectivity index (χ1v) is 11.9. The summed E-state index contributed by atoms with van der Waals surface area (Å²) in [5.41, 5.74) is 3.45. The largest absolute Gasteiger partial charge is 0.295 e. The minimum Gasteiger partial charge on any atom is -0.295 e. The molecule has 0 saturated carbocycles. The van der Waals surface area contributed by atoms with E-state index in [9.17, 15) is 9.59 Å². The molecule has 0 radical (unpaired) electrons. The zero-order valence-corrected chi connectivity index (χ0v) is 20.6. The van der Waals surface area contributed by atoms with Crippen LogP contribution in [-0.4, -0.2) is 21.4 Å². The molecule has 2 heterocycles. The Kier molecular flexibility index (Phi) is 6.09. The average molecular weight is 505 g/mol. The molecular weight excluding hydrogens is 483 g/mol. The monoisotopic (exact) mass is 504 g/mol. The van der Waals surface area contributed by atoms with E-state index < -0.39 is 11.8 Å². The van der Waals surface area contributed by atoms with Crippen LogP contribution in [0.25, 0.3) is 5.69 Å². The van der Waals surface area contributed by atoms with Crippen molar-refractivity contribution in [3.63, 3.8) is 0 Å². The number of nitrogens with one attached hydrogen (secondary N) is 1. The number of anilines is 1. The third-order valence-electron chi connectivity index (χ3n) is 6.26. The van der Waals surface area contributed by atoms with Gasteiger partial charge in [-0.1, -0.05) is 65.7 Å². The lowest BCUT2D eigenvalue weighted by atomic mass is 9.78. The van der Waals surface area contributed by atoms with Crippen LogP contribution >= 0.6 is 23.2 Å². The third kappa shape index (κ3) is 4.09. The zero-order valence-electron chi connectivity index (χ0n) is 19.1. The molecule has 1 N–H and O–H groups in total. The number of aryl methyl sites for hydroxylation is 1. The topological polar surface area (TPSA) is 70.5 Å². The van der Waals surface area contributed by atoms with Crippen molar-refractivity contribution in [2.45, 2.75) is 19.8 Å². The molecule has 1 amide bonds. The summed E-state index contributed by atoms with van der Waals surface area (Å²) in [6, 6.07) is 23.6. The number of hydrazone groups is 1. The summed E-state index contributed by atoms with van der Waals surface area (Å²) < 4.78 is 1.49. The molecule has 35 heavy (non-hydrogen) atoms. The normalized spacial score (nSPS) is 16.5. The summed E-state index contributed by atoms with van der Waals surface area (Å²) in [6.07, 6.45) is 0. The molecule has 3 aromatic carbocycles. The number of para-hydroxylation sites is 2. The van der Waals surface area contributed by atoms with Crippen molar-refractivity contribution in [1.29, 1.82) is 0 Å². The first-order valence-electron chi connectivity index (χ1n) is 11.1. The minimum absolute atomic E-state index is 0.226. The van der Waals surface area contributed by atoms with E-state index in [2.05, 4.69) is 10.2 Å². The second-order valence-electron chi connectivity index (χ2n) is 8.47. The Balaban J connectivity index is 1.70. The number of hydrogen-bond donors (Lipinski definition) is 1. The lowest BCUT2D eigenvalue weighted by Crippen LogP contribution is -2.34. The number of hydrogen-bond acceptors (Lipinski definition) is 3. The molecule has 5 rings (SSSR count). The molecule has 0 bridgehead atoms. The second-order valence-corrected chi connectivity index (χ2v) is 9.32. The van der Waals surface area contributed by atoms with E-state index in [1.807, 2.05) is 67.6 Å². The smallest absolute Gasteiger partial charge is 0.275 e. The van der Waals surface area contributed by atoms with E-state index >= 15 is 0 Å². The van der Waals surface area contributed by atoms with Gasteiger partial charge in [-0.05, 0) is 55.8 Å². The number of halogens is 2. The highest BCUT2D eigenvalue weighted by Crippen LogP contribution is 2.41. The number of aromatic nitrogens is 2. The number of carbonyl (C=O) groups is 1. The molecule has 0 fully saturated rings. The molecule has 2 unspecified atom stereocenters. The van der Waals surface area contributed by atoms with Gasteiger partial charge in [-0.25, -0.2) is 9.69 Å². The van der Waals surface area contributed by atoms with Crippen molar-refractivity contribution in [2.24, 2.45) is 11.0 Å². The van der Waals surface area contributed by atoms with Crippen LogP contribution in [0.5, 0.6) is 0 Å². The maximum Gasteiger partial charge on any atom is 0.275 e. The second kappa shape index (κ2) is 9.21.